The molecule has 5 aromatic rings. The first-order chi connectivity index (χ1) is 19.4. The number of fused-ring (bicyclic) bond motifs is 7. The number of rotatable bonds is 1. The molecule has 0 saturated heterocycles. The SMILES string of the molecule is Cc1cccc2cccc(N3c4cccc5c4C46C(C4(C)C3C)C6(C)C3N(C)c4cccc6cccc(c46)N53)c12. The van der Waals surface area contributed by atoms with Crippen LogP contribution in [0.5, 0.6) is 0 Å². The van der Waals surface area contributed by atoms with Crippen LogP contribution < -0.4 is 14.7 Å². The quantitative estimate of drug-likeness (QED) is 0.219. The van der Waals surface area contributed by atoms with E-state index in [-0.39, 0.29) is 16.2 Å². The molecule has 0 N–H and O–H groups in total. The topological polar surface area (TPSA) is 9.72 Å². The summed E-state index contributed by atoms with van der Waals surface area (Å²) in [6.45, 7) is 9.97. The molecule has 3 heteroatoms. The largest absolute Gasteiger partial charge is 0.353 e. The predicted molar refractivity (Wildman–Crippen MR) is 166 cm³/mol. The fraction of sp³-hybridized carbons (Fsp3) is 0.297. The summed E-state index contributed by atoms with van der Waals surface area (Å²) in [4.78, 5) is 8.04. The van der Waals surface area contributed by atoms with Gasteiger partial charge in [0.15, 0.2) is 0 Å². The molecule has 10 rings (SSSR count). The summed E-state index contributed by atoms with van der Waals surface area (Å²) in [6.07, 6.45) is 0.312. The van der Waals surface area contributed by atoms with E-state index in [1.54, 1.807) is 5.56 Å². The molecule has 196 valence electrons. The Morgan fingerprint density at radius 2 is 1.12 bits per heavy atom. The van der Waals surface area contributed by atoms with Crippen molar-refractivity contribution in [3.8, 4) is 0 Å². The summed E-state index contributed by atoms with van der Waals surface area (Å²) in [5.41, 5.74) is 10.5. The van der Waals surface area contributed by atoms with Crippen LogP contribution >= 0.6 is 0 Å². The standard InChI is InChI=1S/C37H33N3/c1-21-11-6-12-23-13-8-17-26(30(21)23)39-22(2)35(3)33-36(4)34-38(5)25-16-7-14-24-15-9-18-27(31(24)25)40(34)29-20-10-19-28(39)32(29)37(33,35)36/h6-20,22,33-34H,1-5H3. The van der Waals surface area contributed by atoms with Gasteiger partial charge < -0.3 is 14.7 Å². The molecule has 2 fully saturated rings. The maximum atomic E-state index is 2.72. The fourth-order valence-corrected chi connectivity index (χ4v) is 11.0. The van der Waals surface area contributed by atoms with Gasteiger partial charge in [0, 0.05) is 68.4 Å². The molecule has 2 aliphatic carbocycles. The number of hydrogen-bond donors (Lipinski definition) is 0. The monoisotopic (exact) mass is 519 g/mol. The van der Waals surface area contributed by atoms with Crippen LogP contribution in [-0.2, 0) is 5.41 Å². The van der Waals surface area contributed by atoms with Gasteiger partial charge in [-0.15, -0.1) is 0 Å². The van der Waals surface area contributed by atoms with Crippen molar-refractivity contribution in [3.05, 3.63) is 102 Å². The zero-order valence-electron chi connectivity index (χ0n) is 23.7. The van der Waals surface area contributed by atoms with E-state index in [0.29, 0.717) is 18.1 Å². The van der Waals surface area contributed by atoms with Crippen LogP contribution in [0.2, 0.25) is 0 Å². The Morgan fingerprint density at radius 3 is 1.82 bits per heavy atom. The molecule has 0 bridgehead atoms. The second kappa shape index (κ2) is 6.33. The average molecular weight is 520 g/mol. The molecular weight excluding hydrogens is 486 g/mol. The molecule has 5 aromatic carbocycles. The van der Waals surface area contributed by atoms with Crippen molar-refractivity contribution < 1.29 is 0 Å². The highest BCUT2D eigenvalue weighted by Gasteiger charge is 3.05. The van der Waals surface area contributed by atoms with Gasteiger partial charge in [0.05, 0.1) is 5.69 Å². The predicted octanol–water partition coefficient (Wildman–Crippen LogP) is 8.66. The first kappa shape index (κ1) is 21.8. The third kappa shape index (κ3) is 1.89. The smallest absolute Gasteiger partial charge is 0.113 e. The summed E-state index contributed by atoms with van der Waals surface area (Å²) in [5, 5.41) is 5.41. The molecule has 5 aliphatic rings. The molecule has 1 spiro atoms. The maximum Gasteiger partial charge on any atom is 0.113 e. The first-order valence-corrected chi connectivity index (χ1v) is 14.8. The Bertz CT molecular complexity index is 1980. The molecule has 3 nitrogen and oxygen atoms in total. The van der Waals surface area contributed by atoms with E-state index in [0.717, 1.165) is 0 Å². The third-order valence-corrected chi connectivity index (χ3v) is 12.4. The van der Waals surface area contributed by atoms with Gasteiger partial charge in [-0.3, -0.25) is 0 Å². The van der Waals surface area contributed by atoms with Crippen molar-refractivity contribution >= 4 is 50.0 Å². The Morgan fingerprint density at radius 1 is 0.600 bits per heavy atom. The minimum absolute atomic E-state index is 0.199. The molecule has 0 radical (unpaired) electrons. The molecule has 3 heterocycles. The van der Waals surface area contributed by atoms with Crippen molar-refractivity contribution in [2.24, 2.45) is 16.7 Å². The Kier molecular flexibility index (Phi) is 3.45. The zero-order valence-corrected chi connectivity index (χ0v) is 23.7. The van der Waals surface area contributed by atoms with Gasteiger partial charge in [0.2, 0.25) is 0 Å². The summed E-state index contributed by atoms with van der Waals surface area (Å²) in [6, 6.07) is 34.8. The van der Waals surface area contributed by atoms with E-state index < -0.39 is 0 Å². The lowest BCUT2D eigenvalue weighted by Crippen LogP contribution is -2.63. The lowest BCUT2D eigenvalue weighted by atomic mass is 9.61. The molecule has 0 amide bonds. The van der Waals surface area contributed by atoms with E-state index in [2.05, 4.69) is 140 Å². The molecule has 0 aromatic heterocycles. The molecular formula is C37H33N3. The first-order valence-electron chi connectivity index (χ1n) is 14.8. The zero-order chi connectivity index (χ0) is 26.9. The highest BCUT2D eigenvalue weighted by molar-refractivity contribution is 6.09. The van der Waals surface area contributed by atoms with Crippen molar-refractivity contribution in [1.29, 1.82) is 0 Å². The normalized spacial score (nSPS) is 33.5. The van der Waals surface area contributed by atoms with Gasteiger partial charge >= 0.3 is 0 Å². The van der Waals surface area contributed by atoms with Crippen LogP contribution in [-0.4, -0.2) is 19.3 Å². The number of hydrogen-bond acceptors (Lipinski definition) is 3. The fourth-order valence-electron chi connectivity index (χ4n) is 11.0. The Labute approximate surface area is 235 Å². The van der Waals surface area contributed by atoms with E-state index >= 15 is 0 Å². The van der Waals surface area contributed by atoms with Crippen LogP contribution in [0.25, 0.3) is 21.5 Å². The molecule has 40 heavy (non-hydrogen) atoms. The van der Waals surface area contributed by atoms with Crippen molar-refractivity contribution in [2.75, 3.05) is 21.7 Å². The van der Waals surface area contributed by atoms with E-state index in [9.17, 15) is 0 Å². The Balaban J connectivity index is 1.30. The highest BCUT2D eigenvalue weighted by Crippen LogP contribution is 3.03. The van der Waals surface area contributed by atoms with Gasteiger partial charge in [0.25, 0.3) is 0 Å². The van der Waals surface area contributed by atoms with Crippen LogP contribution in [0.15, 0.2) is 91.0 Å². The van der Waals surface area contributed by atoms with Crippen molar-refractivity contribution in [2.45, 2.75) is 45.3 Å². The van der Waals surface area contributed by atoms with E-state index in [4.69, 9.17) is 0 Å². The van der Waals surface area contributed by atoms with Gasteiger partial charge in [0.1, 0.15) is 6.17 Å². The summed E-state index contributed by atoms with van der Waals surface area (Å²) in [5.74, 6) is 0.658. The van der Waals surface area contributed by atoms with Crippen LogP contribution in [0.1, 0.15) is 31.9 Å². The number of benzene rings is 5. The van der Waals surface area contributed by atoms with Crippen molar-refractivity contribution in [3.63, 3.8) is 0 Å². The minimum atomic E-state index is 0.199. The lowest BCUT2D eigenvalue weighted by molar-refractivity contribution is 0.132. The second-order valence-electron chi connectivity index (χ2n) is 13.5. The lowest BCUT2D eigenvalue weighted by Gasteiger charge is -2.60. The minimum Gasteiger partial charge on any atom is -0.353 e. The summed E-state index contributed by atoms with van der Waals surface area (Å²) in [7, 11) is 2.34. The number of nitrogens with zero attached hydrogens (tertiary/aromatic N) is 3. The highest BCUT2D eigenvalue weighted by atomic mass is 15.4. The molecule has 3 aliphatic heterocycles. The molecule has 6 unspecified atom stereocenters. The van der Waals surface area contributed by atoms with Crippen LogP contribution in [0.4, 0.5) is 28.4 Å². The summed E-state index contributed by atoms with van der Waals surface area (Å²) < 4.78 is 0. The van der Waals surface area contributed by atoms with Gasteiger partial charge in [-0.2, -0.15) is 0 Å². The summed E-state index contributed by atoms with van der Waals surface area (Å²) >= 11 is 0. The number of anilines is 5. The average Bonchev–Trinajstić information content (AvgIpc) is 3.79. The third-order valence-electron chi connectivity index (χ3n) is 12.4. The Hall–Kier alpha value is -3.98. The van der Waals surface area contributed by atoms with Gasteiger partial charge in [-0.1, -0.05) is 74.5 Å². The maximum absolute atomic E-state index is 2.72. The van der Waals surface area contributed by atoms with E-state index in [1.165, 1.54) is 55.5 Å². The van der Waals surface area contributed by atoms with Gasteiger partial charge in [-0.25, -0.2) is 0 Å². The molecule has 6 atom stereocenters. The van der Waals surface area contributed by atoms with Gasteiger partial charge in [-0.05, 0) is 66.4 Å². The number of aryl methyl sites for hydroxylation is 1. The van der Waals surface area contributed by atoms with Crippen molar-refractivity contribution in [1.82, 2.24) is 0 Å². The van der Waals surface area contributed by atoms with E-state index in [1.807, 2.05) is 0 Å². The second-order valence-corrected chi connectivity index (χ2v) is 13.5. The van der Waals surface area contributed by atoms with Crippen LogP contribution in [0, 0.1) is 23.7 Å². The molecule has 2 saturated carbocycles. The van der Waals surface area contributed by atoms with Crippen LogP contribution in [0.3, 0.4) is 0 Å².